The fourth-order valence-corrected chi connectivity index (χ4v) is 2.91. The number of anilines is 1. The van der Waals surface area contributed by atoms with Crippen LogP contribution in [0.3, 0.4) is 0 Å². The van der Waals surface area contributed by atoms with E-state index in [0.29, 0.717) is 22.5 Å². The Balaban J connectivity index is 1.78. The van der Waals surface area contributed by atoms with Gasteiger partial charge in [0, 0.05) is 23.8 Å². The smallest absolute Gasteiger partial charge is 0.338 e. The number of nitrogens with one attached hydrogen (secondary N) is 1. The van der Waals surface area contributed by atoms with Gasteiger partial charge in [-0.3, -0.25) is 14.9 Å². The number of furan rings is 1. The lowest BCUT2D eigenvalue weighted by Gasteiger charge is -2.07. The van der Waals surface area contributed by atoms with Crippen molar-refractivity contribution in [1.82, 2.24) is 0 Å². The van der Waals surface area contributed by atoms with E-state index in [2.05, 4.69) is 5.32 Å². The molecule has 0 aliphatic heterocycles. The number of esters is 1. The molecule has 9 nitrogen and oxygen atoms in total. The first-order chi connectivity index (χ1) is 15.8. The molecule has 0 aliphatic carbocycles. The summed E-state index contributed by atoms with van der Waals surface area (Å²) in [5.74, 6) is -0.403. The summed E-state index contributed by atoms with van der Waals surface area (Å²) in [7, 11) is 0. The number of amides is 1. The third-order valence-electron chi connectivity index (χ3n) is 4.64. The van der Waals surface area contributed by atoms with E-state index in [9.17, 15) is 25.0 Å². The Morgan fingerprint density at radius 2 is 1.91 bits per heavy atom. The number of benzene rings is 2. The van der Waals surface area contributed by atoms with E-state index >= 15 is 0 Å². The van der Waals surface area contributed by atoms with Gasteiger partial charge in [-0.05, 0) is 43.7 Å². The number of nitro benzene ring substituents is 1. The molecule has 0 atom stereocenters. The van der Waals surface area contributed by atoms with Crippen LogP contribution in [0.25, 0.3) is 17.4 Å². The highest BCUT2D eigenvalue weighted by atomic mass is 16.6. The molecule has 0 unspecified atom stereocenters. The second kappa shape index (κ2) is 10.1. The fourth-order valence-electron chi connectivity index (χ4n) is 2.91. The van der Waals surface area contributed by atoms with Crippen LogP contribution in [-0.4, -0.2) is 23.4 Å². The zero-order chi connectivity index (χ0) is 24.0. The molecule has 2 aromatic carbocycles. The molecule has 33 heavy (non-hydrogen) atoms. The number of aryl methyl sites for hydroxylation is 1. The van der Waals surface area contributed by atoms with Crippen molar-refractivity contribution in [1.29, 1.82) is 5.26 Å². The summed E-state index contributed by atoms with van der Waals surface area (Å²) in [6, 6.07) is 15.8. The molecule has 0 saturated heterocycles. The molecular weight excluding hydrogens is 426 g/mol. The number of hydrogen-bond acceptors (Lipinski definition) is 7. The molecule has 9 heteroatoms. The Bertz CT molecular complexity index is 1280. The van der Waals surface area contributed by atoms with Crippen molar-refractivity contribution in [2.24, 2.45) is 0 Å². The minimum atomic E-state index is -0.724. The quantitative estimate of drug-likeness (QED) is 0.180. The number of non-ortho nitro benzene ring substituents is 1. The number of carbonyl (C=O) groups is 2. The number of nitriles is 1. The van der Waals surface area contributed by atoms with Crippen LogP contribution in [0.2, 0.25) is 0 Å². The largest absolute Gasteiger partial charge is 0.462 e. The highest BCUT2D eigenvalue weighted by Gasteiger charge is 2.15. The number of rotatable bonds is 7. The highest BCUT2D eigenvalue weighted by Crippen LogP contribution is 2.25. The maximum Gasteiger partial charge on any atom is 0.338 e. The van der Waals surface area contributed by atoms with Gasteiger partial charge in [0.15, 0.2) is 0 Å². The highest BCUT2D eigenvalue weighted by molar-refractivity contribution is 6.09. The summed E-state index contributed by atoms with van der Waals surface area (Å²) in [6.45, 7) is 3.69. The minimum Gasteiger partial charge on any atom is -0.462 e. The van der Waals surface area contributed by atoms with E-state index in [4.69, 9.17) is 9.15 Å². The number of hydrogen-bond donors (Lipinski definition) is 1. The van der Waals surface area contributed by atoms with Crippen molar-refractivity contribution in [2.75, 3.05) is 11.9 Å². The van der Waals surface area contributed by atoms with Crippen LogP contribution in [0.1, 0.15) is 28.6 Å². The van der Waals surface area contributed by atoms with Crippen molar-refractivity contribution >= 4 is 29.3 Å². The lowest BCUT2D eigenvalue weighted by atomic mass is 10.1. The molecule has 3 rings (SSSR count). The first kappa shape index (κ1) is 23.0. The van der Waals surface area contributed by atoms with Crippen LogP contribution >= 0.6 is 0 Å². The van der Waals surface area contributed by atoms with Crippen molar-refractivity contribution in [3.8, 4) is 17.4 Å². The molecule has 0 saturated carbocycles. The first-order valence-corrected chi connectivity index (χ1v) is 9.88. The molecule has 1 amide bonds. The standard InChI is InChI=1S/C24H19N3O6/c1-3-32-24(29)17-7-5-16(6-8-17)22-11-10-20(33-22)12-18(14-25)23(28)26-21-13-19(27(30)31)9-4-15(21)2/h4-13H,3H2,1-2H3,(H,26,28)/b18-12+. The zero-order valence-corrected chi connectivity index (χ0v) is 17.8. The number of ether oxygens (including phenoxy) is 1. The molecular formula is C24H19N3O6. The summed E-state index contributed by atoms with van der Waals surface area (Å²) in [5.41, 5.74) is 1.53. The normalized spacial score (nSPS) is 10.9. The zero-order valence-electron chi connectivity index (χ0n) is 17.8. The molecule has 166 valence electrons. The maximum absolute atomic E-state index is 12.6. The van der Waals surface area contributed by atoms with Gasteiger partial charge >= 0.3 is 5.97 Å². The average Bonchev–Trinajstić information content (AvgIpc) is 3.27. The summed E-state index contributed by atoms with van der Waals surface area (Å²) in [6.07, 6.45) is 1.28. The van der Waals surface area contributed by atoms with E-state index in [-0.39, 0.29) is 29.3 Å². The molecule has 0 radical (unpaired) electrons. The Morgan fingerprint density at radius 1 is 1.18 bits per heavy atom. The lowest BCUT2D eigenvalue weighted by molar-refractivity contribution is -0.384. The average molecular weight is 445 g/mol. The van der Waals surface area contributed by atoms with Gasteiger partial charge in [0.05, 0.1) is 22.8 Å². The number of nitro groups is 1. The van der Waals surface area contributed by atoms with E-state index in [1.165, 1.54) is 24.3 Å². The Morgan fingerprint density at radius 3 is 2.55 bits per heavy atom. The summed E-state index contributed by atoms with van der Waals surface area (Å²) in [5, 5.41) is 22.9. The molecule has 0 aliphatic rings. The Hall–Kier alpha value is -4.71. The summed E-state index contributed by atoms with van der Waals surface area (Å²) < 4.78 is 10.7. The second-order valence-corrected chi connectivity index (χ2v) is 6.88. The van der Waals surface area contributed by atoms with Crippen LogP contribution in [0.5, 0.6) is 0 Å². The first-order valence-electron chi connectivity index (χ1n) is 9.88. The Kier molecular flexibility index (Phi) is 7.00. The van der Waals surface area contributed by atoms with Gasteiger partial charge in [-0.2, -0.15) is 5.26 Å². The molecule has 3 aromatic rings. The predicted molar refractivity (Wildman–Crippen MR) is 120 cm³/mol. The van der Waals surface area contributed by atoms with Crippen molar-refractivity contribution in [3.05, 3.63) is 87.2 Å². The predicted octanol–water partition coefficient (Wildman–Crippen LogP) is 4.89. The van der Waals surface area contributed by atoms with Gasteiger partial charge in [0.1, 0.15) is 23.2 Å². The summed E-state index contributed by atoms with van der Waals surface area (Å²) in [4.78, 5) is 34.7. The molecule has 1 N–H and O–H groups in total. The van der Waals surface area contributed by atoms with Gasteiger partial charge in [-0.25, -0.2) is 4.79 Å². The van der Waals surface area contributed by atoms with Crippen molar-refractivity contribution in [3.63, 3.8) is 0 Å². The molecule has 0 fully saturated rings. The topological polar surface area (TPSA) is 135 Å². The summed E-state index contributed by atoms with van der Waals surface area (Å²) >= 11 is 0. The van der Waals surface area contributed by atoms with Crippen LogP contribution in [-0.2, 0) is 9.53 Å². The third-order valence-corrected chi connectivity index (χ3v) is 4.64. The van der Waals surface area contributed by atoms with Crippen LogP contribution in [0.15, 0.2) is 64.6 Å². The molecule has 1 heterocycles. The minimum absolute atomic E-state index is 0.178. The maximum atomic E-state index is 12.6. The van der Waals surface area contributed by atoms with Gasteiger partial charge in [0.25, 0.3) is 11.6 Å². The molecule has 0 bridgehead atoms. The van der Waals surface area contributed by atoms with Crippen molar-refractivity contribution in [2.45, 2.75) is 13.8 Å². The molecule has 1 aromatic heterocycles. The lowest BCUT2D eigenvalue weighted by Crippen LogP contribution is -2.14. The van der Waals surface area contributed by atoms with Crippen LogP contribution in [0, 0.1) is 28.4 Å². The van der Waals surface area contributed by atoms with E-state index < -0.39 is 16.8 Å². The SMILES string of the molecule is CCOC(=O)c1ccc(-c2ccc(/C=C(\C#N)C(=O)Nc3cc([N+](=O)[O-])ccc3C)o2)cc1. The van der Waals surface area contributed by atoms with Gasteiger partial charge in [0.2, 0.25) is 0 Å². The van der Waals surface area contributed by atoms with Gasteiger partial charge in [-0.1, -0.05) is 18.2 Å². The van der Waals surface area contributed by atoms with Crippen LogP contribution in [0.4, 0.5) is 11.4 Å². The van der Waals surface area contributed by atoms with E-state index in [1.54, 1.807) is 50.2 Å². The van der Waals surface area contributed by atoms with E-state index in [1.807, 2.05) is 6.07 Å². The number of nitrogens with zero attached hydrogens (tertiary/aromatic N) is 2. The van der Waals surface area contributed by atoms with Crippen LogP contribution < -0.4 is 5.32 Å². The third kappa shape index (κ3) is 5.51. The molecule has 0 spiro atoms. The van der Waals surface area contributed by atoms with E-state index in [0.717, 1.165) is 0 Å². The fraction of sp³-hybridized carbons (Fsp3) is 0.125. The number of carbonyl (C=O) groups excluding carboxylic acids is 2. The van der Waals surface area contributed by atoms with Gasteiger partial charge < -0.3 is 14.5 Å². The Labute approximate surface area is 189 Å². The van der Waals surface area contributed by atoms with Crippen molar-refractivity contribution < 1.29 is 23.7 Å². The monoisotopic (exact) mass is 445 g/mol. The van der Waals surface area contributed by atoms with Gasteiger partial charge in [-0.15, -0.1) is 0 Å². The second-order valence-electron chi connectivity index (χ2n) is 6.88.